The largest absolute Gasteiger partial charge is 0.493 e. The highest BCUT2D eigenvalue weighted by Gasteiger charge is 2.32. The minimum Gasteiger partial charge on any atom is -0.493 e. The number of amides is 1. The highest BCUT2D eigenvalue weighted by Crippen LogP contribution is 2.39. The topological polar surface area (TPSA) is 76.1 Å². The van der Waals surface area contributed by atoms with Gasteiger partial charge in [-0.3, -0.25) is 9.69 Å². The standard InChI is InChI=1S/C21H18ClNO5S2/c1-12-3-5-13(6-4-12)10-23-20(26)17(30-21(23)29)9-14-7-15(22)19(16(8-14)27-2)28-11-18(24)25/h3-9H,10-11H2,1-2H3,(H,24,25)/b17-9-. The molecule has 1 N–H and O–H groups in total. The number of ether oxygens (including phenoxy) is 2. The number of carboxylic acid groups (broad SMARTS) is 1. The van der Waals surface area contributed by atoms with Crippen LogP contribution in [-0.4, -0.2) is 39.9 Å². The van der Waals surface area contributed by atoms with Gasteiger partial charge in [-0.1, -0.05) is 65.4 Å². The number of carbonyl (C=O) groups excluding carboxylic acids is 1. The second kappa shape index (κ2) is 9.51. The Kier molecular flexibility index (Phi) is 7.02. The quantitative estimate of drug-likeness (QED) is 0.477. The number of halogens is 1. The fourth-order valence-electron chi connectivity index (χ4n) is 2.76. The first-order valence-electron chi connectivity index (χ1n) is 8.81. The van der Waals surface area contributed by atoms with Crippen LogP contribution in [0.2, 0.25) is 5.02 Å². The van der Waals surface area contributed by atoms with Gasteiger partial charge in [0.2, 0.25) is 0 Å². The first kappa shape index (κ1) is 22.1. The second-order valence-electron chi connectivity index (χ2n) is 6.47. The zero-order valence-electron chi connectivity index (χ0n) is 16.2. The number of hydrogen-bond acceptors (Lipinski definition) is 6. The zero-order chi connectivity index (χ0) is 21.8. The third kappa shape index (κ3) is 5.13. The van der Waals surface area contributed by atoms with Crippen molar-refractivity contribution in [3.05, 3.63) is 63.0 Å². The van der Waals surface area contributed by atoms with E-state index in [2.05, 4.69) is 0 Å². The first-order chi connectivity index (χ1) is 14.3. The maximum Gasteiger partial charge on any atom is 0.341 e. The molecule has 0 unspecified atom stereocenters. The van der Waals surface area contributed by atoms with Gasteiger partial charge in [-0.05, 0) is 36.3 Å². The number of thiocarbonyl (C=S) groups is 1. The Balaban J connectivity index is 1.83. The van der Waals surface area contributed by atoms with E-state index in [1.54, 1.807) is 23.1 Å². The number of rotatable bonds is 7. The summed E-state index contributed by atoms with van der Waals surface area (Å²) in [5, 5.41) is 8.97. The number of hydrogen-bond donors (Lipinski definition) is 1. The summed E-state index contributed by atoms with van der Waals surface area (Å²) in [6.45, 7) is 1.85. The molecule has 0 aromatic heterocycles. The number of nitrogens with zero attached hydrogens (tertiary/aromatic N) is 1. The van der Waals surface area contributed by atoms with E-state index in [4.69, 9.17) is 38.4 Å². The lowest BCUT2D eigenvalue weighted by Crippen LogP contribution is -2.27. The van der Waals surface area contributed by atoms with Gasteiger partial charge in [0.25, 0.3) is 5.91 Å². The fourth-order valence-corrected chi connectivity index (χ4v) is 4.29. The molecule has 3 rings (SSSR count). The molecule has 0 radical (unpaired) electrons. The Labute approximate surface area is 188 Å². The van der Waals surface area contributed by atoms with Gasteiger partial charge in [0.1, 0.15) is 4.32 Å². The van der Waals surface area contributed by atoms with Crippen molar-refractivity contribution < 1.29 is 24.2 Å². The summed E-state index contributed by atoms with van der Waals surface area (Å²) in [5.41, 5.74) is 2.74. The summed E-state index contributed by atoms with van der Waals surface area (Å²) in [4.78, 5) is 25.6. The van der Waals surface area contributed by atoms with Gasteiger partial charge in [-0.15, -0.1) is 0 Å². The van der Waals surface area contributed by atoms with Gasteiger partial charge in [-0.2, -0.15) is 0 Å². The number of carboxylic acids is 1. The van der Waals surface area contributed by atoms with Crippen molar-refractivity contribution in [3.8, 4) is 11.5 Å². The Morgan fingerprint density at radius 1 is 1.30 bits per heavy atom. The molecule has 0 bridgehead atoms. The van der Waals surface area contributed by atoms with Gasteiger partial charge >= 0.3 is 5.97 Å². The Morgan fingerprint density at radius 2 is 2.00 bits per heavy atom. The number of carbonyl (C=O) groups is 2. The van der Waals surface area contributed by atoms with Gasteiger partial charge in [-0.25, -0.2) is 4.79 Å². The van der Waals surface area contributed by atoms with Crippen molar-refractivity contribution in [2.75, 3.05) is 13.7 Å². The van der Waals surface area contributed by atoms with E-state index in [-0.39, 0.29) is 22.4 Å². The van der Waals surface area contributed by atoms with E-state index < -0.39 is 12.6 Å². The summed E-state index contributed by atoms with van der Waals surface area (Å²) in [5.74, 6) is -0.919. The average Bonchev–Trinajstić information content (AvgIpc) is 2.95. The SMILES string of the molecule is COc1cc(/C=C2\SC(=S)N(Cc3ccc(C)cc3)C2=O)cc(Cl)c1OCC(=O)O. The summed E-state index contributed by atoms with van der Waals surface area (Å²) in [6.07, 6.45) is 1.67. The first-order valence-corrected chi connectivity index (χ1v) is 10.4. The average molecular weight is 464 g/mol. The molecule has 1 aliphatic rings. The molecule has 1 saturated heterocycles. The zero-order valence-corrected chi connectivity index (χ0v) is 18.6. The maximum atomic E-state index is 12.9. The Hall–Kier alpha value is -2.55. The molecular formula is C21H18ClNO5S2. The van der Waals surface area contributed by atoms with Gasteiger partial charge in [0.05, 0.1) is 23.6 Å². The van der Waals surface area contributed by atoms with Crippen LogP contribution in [0.3, 0.4) is 0 Å². The lowest BCUT2D eigenvalue weighted by molar-refractivity contribution is -0.139. The fraction of sp³-hybridized carbons (Fsp3) is 0.190. The molecule has 0 atom stereocenters. The summed E-state index contributed by atoms with van der Waals surface area (Å²) >= 11 is 12.8. The van der Waals surface area contributed by atoms with E-state index >= 15 is 0 Å². The van der Waals surface area contributed by atoms with Crippen LogP contribution in [0, 0.1) is 6.92 Å². The molecule has 0 spiro atoms. The van der Waals surface area contributed by atoms with Crippen molar-refractivity contribution >= 4 is 57.9 Å². The molecule has 0 saturated carbocycles. The van der Waals surface area contributed by atoms with Crippen LogP contribution in [0.4, 0.5) is 0 Å². The highest BCUT2D eigenvalue weighted by atomic mass is 35.5. The van der Waals surface area contributed by atoms with Gasteiger partial charge < -0.3 is 14.6 Å². The predicted octanol–water partition coefficient (Wildman–Crippen LogP) is 4.52. The number of benzene rings is 2. The number of aliphatic carboxylic acids is 1. The second-order valence-corrected chi connectivity index (χ2v) is 8.55. The maximum absolute atomic E-state index is 12.9. The van der Waals surface area contributed by atoms with E-state index in [1.807, 2.05) is 31.2 Å². The third-order valence-corrected chi connectivity index (χ3v) is 5.88. The van der Waals surface area contributed by atoms with Crippen LogP contribution in [0.15, 0.2) is 41.3 Å². The van der Waals surface area contributed by atoms with E-state index in [1.165, 1.54) is 18.9 Å². The Morgan fingerprint density at radius 3 is 2.63 bits per heavy atom. The number of thioether (sulfide) groups is 1. The van der Waals surface area contributed by atoms with Crippen molar-refractivity contribution in [1.82, 2.24) is 4.90 Å². The molecule has 1 amide bonds. The smallest absolute Gasteiger partial charge is 0.341 e. The molecule has 1 heterocycles. The minimum absolute atomic E-state index is 0.130. The van der Waals surface area contributed by atoms with E-state index in [0.717, 1.165) is 11.1 Å². The predicted molar refractivity (Wildman–Crippen MR) is 121 cm³/mol. The lowest BCUT2D eigenvalue weighted by atomic mass is 10.1. The molecule has 0 aliphatic carbocycles. The minimum atomic E-state index is -1.13. The summed E-state index contributed by atoms with van der Waals surface area (Å²) in [6, 6.07) is 11.1. The van der Waals surface area contributed by atoms with Crippen LogP contribution in [0.25, 0.3) is 6.08 Å². The van der Waals surface area contributed by atoms with E-state index in [0.29, 0.717) is 21.3 Å². The number of methoxy groups -OCH3 is 1. The molecule has 156 valence electrons. The molecule has 6 nitrogen and oxygen atoms in total. The monoisotopic (exact) mass is 463 g/mol. The lowest BCUT2D eigenvalue weighted by Gasteiger charge is -2.14. The molecular weight excluding hydrogens is 446 g/mol. The molecule has 2 aromatic carbocycles. The normalized spacial score (nSPS) is 15.0. The third-order valence-electron chi connectivity index (χ3n) is 4.22. The summed E-state index contributed by atoms with van der Waals surface area (Å²) < 4.78 is 10.9. The van der Waals surface area contributed by atoms with Crippen LogP contribution in [0.1, 0.15) is 16.7 Å². The van der Waals surface area contributed by atoms with Crippen LogP contribution >= 0.6 is 35.6 Å². The van der Waals surface area contributed by atoms with Crippen molar-refractivity contribution in [2.45, 2.75) is 13.5 Å². The van der Waals surface area contributed by atoms with Crippen LogP contribution < -0.4 is 9.47 Å². The molecule has 2 aromatic rings. The van der Waals surface area contributed by atoms with E-state index in [9.17, 15) is 9.59 Å². The van der Waals surface area contributed by atoms with Gasteiger partial charge in [0, 0.05) is 0 Å². The van der Waals surface area contributed by atoms with Gasteiger partial charge in [0.15, 0.2) is 18.1 Å². The highest BCUT2D eigenvalue weighted by molar-refractivity contribution is 8.26. The summed E-state index contributed by atoms with van der Waals surface area (Å²) in [7, 11) is 1.42. The molecule has 9 heteroatoms. The van der Waals surface area contributed by atoms with Crippen molar-refractivity contribution in [3.63, 3.8) is 0 Å². The number of aryl methyl sites for hydroxylation is 1. The van der Waals surface area contributed by atoms with Crippen molar-refractivity contribution in [2.24, 2.45) is 0 Å². The Bertz CT molecular complexity index is 1040. The van der Waals surface area contributed by atoms with Crippen LogP contribution in [-0.2, 0) is 16.1 Å². The molecule has 1 aliphatic heterocycles. The van der Waals surface area contributed by atoms with Crippen LogP contribution in [0.5, 0.6) is 11.5 Å². The van der Waals surface area contributed by atoms with Crippen molar-refractivity contribution in [1.29, 1.82) is 0 Å². The molecule has 30 heavy (non-hydrogen) atoms. The molecule has 1 fully saturated rings.